The van der Waals surface area contributed by atoms with Crippen molar-refractivity contribution in [2.45, 2.75) is 18.9 Å². The molecule has 0 spiro atoms. The van der Waals surface area contributed by atoms with Crippen LogP contribution in [0.2, 0.25) is 10.0 Å². The highest BCUT2D eigenvalue weighted by Crippen LogP contribution is 2.28. The van der Waals surface area contributed by atoms with Gasteiger partial charge in [-0.2, -0.15) is 0 Å². The van der Waals surface area contributed by atoms with Crippen LogP contribution in [0, 0.1) is 0 Å². The molecule has 10 heteroatoms. The van der Waals surface area contributed by atoms with Crippen molar-refractivity contribution in [1.29, 1.82) is 0 Å². The lowest BCUT2D eigenvalue weighted by Crippen LogP contribution is -2.43. The lowest BCUT2D eigenvalue weighted by molar-refractivity contribution is -0.119. The number of amides is 3. The molecule has 1 heterocycles. The van der Waals surface area contributed by atoms with E-state index in [-0.39, 0.29) is 28.3 Å². The predicted molar refractivity (Wildman–Crippen MR) is 126 cm³/mol. The van der Waals surface area contributed by atoms with Gasteiger partial charge < -0.3 is 25.0 Å². The second kappa shape index (κ2) is 11.4. The molecule has 0 saturated carbocycles. The highest BCUT2D eigenvalue weighted by Gasteiger charge is 2.35. The maximum absolute atomic E-state index is 13.2. The topological polar surface area (TPSA) is 97.0 Å². The number of nitrogens with zero attached hydrogens (tertiary/aromatic N) is 1. The van der Waals surface area contributed by atoms with E-state index in [0.717, 1.165) is 0 Å². The predicted octanol–water partition coefficient (Wildman–Crippen LogP) is 3.62. The van der Waals surface area contributed by atoms with Crippen LogP contribution in [0.4, 0.5) is 5.69 Å². The highest BCUT2D eigenvalue weighted by atomic mass is 35.5. The minimum atomic E-state index is -0.656. The summed E-state index contributed by atoms with van der Waals surface area (Å²) in [6.45, 7) is 1.18. The molecule has 2 aromatic rings. The Kier molecular flexibility index (Phi) is 8.55. The maximum atomic E-state index is 13.2. The standard InChI is InChI=1S/C23H25Cl2N3O5/c1-32-11-9-26-21(29)16-7-6-15(13-18(16)25)27-22(30)19-4-3-10-28(19)23(31)17-12-14(24)5-8-20(17)33-2/h5-8,12-13,19H,3-4,9-11H2,1-2H3,(H,26,29)(H,27,30). The van der Waals surface area contributed by atoms with Gasteiger partial charge in [-0.3, -0.25) is 14.4 Å². The average Bonchev–Trinajstić information content (AvgIpc) is 3.29. The first-order chi connectivity index (χ1) is 15.8. The van der Waals surface area contributed by atoms with Gasteiger partial charge in [0.05, 0.1) is 29.9 Å². The number of halogens is 2. The number of likely N-dealkylation sites (tertiary alicyclic amines) is 1. The minimum Gasteiger partial charge on any atom is -0.496 e. The third-order valence-electron chi connectivity index (χ3n) is 5.28. The highest BCUT2D eigenvalue weighted by molar-refractivity contribution is 6.34. The van der Waals surface area contributed by atoms with Crippen LogP contribution in [-0.4, -0.2) is 62.6 Å². The Morgan fingerprint density at radius 2 is 1.88 bits per heavy atom. The fourth-order valence-electron chi connectivity index (χ4n) is 3.65. The average molecular weight is 494 g/mol. The molecule has 1 saturated heterocycles. The van der Waals surface area contributed by atoms with Crippen molar-refractivity contribution in [2.24, 2.45) is 0 Å². The lowest BCUT2D eigenvalue weighted by Gasteiger charge is -2.25. The molecule has 1 aliphatic rings. The summed E-state index contributed by atoms with van der Waals surface area (Å²) in [7, 11) is 3.01. The molecule has 0 aliphatic carbocycles. The number of anilines is 1. The largest absolute Gasteiger partial charge is 0.496 e. The lowest BCUT2D eigenvalue weighted by atomic mass is 10.1. The Morgan fingerprint density at radius 3 is 2.58 bits per heavy atom. The van der Waals surface area contributed by atoms with Crippen LogP contribution >= 0.6 is 23.2 Å². The van der Waals surface area contributed by atoms with E-state index in [0.29, 0.717) is 54.6 Å². The van der Waals surface area contributed by atoms with E-state index in [4.69, 9.17) is 32.7 Å². The van der Waals surface area contributed by atoms with Crippen LogP contribution in [0.5, 0.6) is 5.75 Å². The molecular weight excluding hydrogens is 469 g/mol. The molecule has 0 radical (unpaired) electrons. The Balaban J connectivity index is 1.71. The fourth-order valence-corrected chi connectivity index (χ4v) is 4.09. The monoisotopic (exact) mass is 493 g/mol. The van der Waals surface area contributed by atoms with Gasteiger partial charge in [-0.1, -0.05) is 23.2 Å². The number of carbonyl (C=O) groups excluding carboxylic acids is 3. The van der Waals surface area contributed by atoms with Crippen LogP contribution in [0.25, 0.3) is 0 Å². The van der Waals surface area contributed by atoms with Gasteiger partial charge in [-0.15, -0.1) is 0 Å². The molecule has 176 valence electrons. The number of rotatable bonds is 8. The van der Waals surface area contributed by atoms with Gasteiger partial charge in [-0.05, 0) is 49.2 Å². The Bertz CT molecular complexity index is 1050. The maximum Gasteiger partial charge on any atom is 0.258 e. The SMILES string of the molecule is COCCNC(=O)c1ccc(NC(=O)C2CCCN2C(=O)c2cc(Cl)ccc2OC)cc1Cl. The van der Waals surface area contributed by atoms with Gasteiger partial charge in [0.25, 0.3) is 11.8 Å². The van der Waals surface area contributed by atoms with E-state index in [1.54, 1.807) is 25.3 Å². The summed E-state index contributed by atoms with van der Waals surface area (Å²) in [6.07, 6.45) is 1.21. The van der Waals surface area contributed by atoms with E-state index in [2.05, 4.69) is 10.6 Å². The van der Waals surface area contributed by atoms with Gasteiger partial charge >= 0.3 is 0 Å². The van der Waals surface area contributed by atoms with Crippen LogP contribution < -0.4 is 15.4 Å². The van der Waals surface area contributed by atoms with Crippen molar-refractivity contribution < 1.29 is 23.9 Å². The van der Waals surface area contributed by atoms with Gasteiger partial charge in [0, 0.05) is 30.9 Å². The molecule has 2 N–H and O–H groups in total. The number of methoxy groups -OCH3 is 2. The Hall–Kier alpha value is -2.81. The molecule has 1 fully saturated rings. The molecule has 1 aliphatic heterocycles. The minimum absolute atomic E-state index is 0.200. The zero-order valence-electron chi connectivity index (χ0n) is 18.3. The first-order valence-electron chi connectivity index (χ1n) is 10.4. The van der Waals surface area contributed by atoms with Crippen LogP contribution in [-0.2, 0) is 9.53 Å². The van der Waals surface area contributed by atoms with Crippen molar-refractivity contribution in [3.8, 4) is 5.75 Å². The van der Waals surface area contributed by atoms with Crippen molar-refractivity contribution >= 4 is 46.6 Å². The normalized spacial score (nSPS) is 15.3. The Labute approximate surface area is 202 Å². The van der Waals surface area contributed by atoms with E-state index in [1.807, 2.05) is 0 Å². The molecule has 3 amide bonds. The van der Waals surface area contributed by atoms with Crippen LogP contribution in [0.3, 0.4) is 0 Å². The van der Waals surface area contributed by atoms with Gasteiger partial charge in [0.2, 0.25) is 5.91 Å². The number of benzene rings is 2. The molecule has 1 atom stereocenters. The van der Waals surface area contributed by atoms with Crippen molar-refractivity contribution in [2.75, 3.05) is 39.2 Å². The third kappa shape index (κ3) is 5.96. The summed E-state index contributed by atoms with van der Waals surface area (Å²) in [5.41, 5.74) is 1.02. The zero-order valence-corrected chi connectivity index (χ0v) is 19.8. The van der Waals surface area contributed by atoms with Gasteiger partial charge in [0.1, 0.15) is 11.8 Å². The van der Waals surface area contributed by atoms with Crippen LogP contribution in [0.1, 0.15) is 33.6 Å². The molecule has 0 bridgehead atoms. The first kappa shape index (κ1) is 24.8. The number of nitrogens with one attached hydrogen (secondary N) is 2. The molecule has 0 aromatic heterocycles. The van der Waals surface area contributed by atoms with E-state index in [1.165, 1.54) is 30.2 Å². The number of hydrogen-bond acceptors (Lipinski definition) is 5. The first-order valence-corrected chi connectivity index (χ1v) is 11.1. The summed E-state index contributed by atoms with van der Waals surface area (Å²) in [6, 6.07) is 8.77. The molecule has 1 unspecified atom stereocenters. The van der Waals surface area contributed by atoms with Crippen molar-refractivity contribution in [1.82, 2.24) is 10.2 Å². The number of carbonyl (C=O) groups is 3. The second-order valence-corrected chi connectivity index (χ2v) is 8.28. The van der Waals surface area contributed by atoms with E-state index in [9.17, 15) is 14.4 Å². The van der Waals surface area contributed by atoms with E-state index < -0.39 is 6.04 Å². The molecule has 2 aromatic carbocycles. The van der Waals surface area contributed by atoms with Crippen molar-refractivity contribution in [3.63, 3.8) is 0 Å². The summed E-state index contributed by atoms with van der Waals surface area (Å²) >= 11 is 12.3. The zero-order chi connectivity index (χ0) is 24.0. The molecule has 8 nitrogen and oxygen atoms in total. The van der Waals surface area contributed by atoms with Gasteiger partial charge in [-0.25, -0.2) is 0 Å². The molecular formula is C23H25Cl2N3O5. The van der Waals surface area contributed by atoms with E-state index >= 15 is 0 Å². The van der Waals surface area contributed by atoms with Crippen LogP contribution in [0.15, 0.2) is 36.4 Å². The third-order valence-corrected chi connectivity index (χ3v) is 5.83. The summed E-state index contributed by atoms with van der Waals surface area (Å²) < 4.78 is 10.2. The van der Waals surface area contributed by atoms with Crippen molar-refractivity contribution in [3.05, 3.63) is 57.6 Å². The smallest absolute Gasteiger partial charge is 0.258 e. The van der Waals surface area contributed by atoms with Gasteiger partial charge in [0.15, 0.2) is 0 Å². The number of hydrogen-bond donors (Lipinski definition) is 2. The fraction of sp³-hybridized carbons (Fsp3) is 0.348. The second-order valence-electron chi connectivity index (χ2n) is 7.43. The molecule has 33 heavy (non-hydrogen) atoms. The summed E-state index contributed by atoms with van der Waals surface area (Å²) in [5, 5.41) is 6.09. The quantitative estimate of drug-likeness (QED) is 0.547. The molecule has 3 rings (SSSR count). The summed E-state index contributed by atoms with van der Waals surface area (Å²) in [4.78, 5) is 39.9. The number of ether oxygens (including phenoxy) is 2. The summed E-state index contributed by atoms with van der Waals surface area (Å²) in [5.74, 6) is -0.608. The Morgan fingerprint density at radius 1 is 1.09 bits per heavy atom.